The van der Waals surface area contributed by atoms with E-state index < -0.39 is 11.4 Å². The molecule has 1 aromatic carbocycles. The van der Waals surface area contributed by atoms with E-state index in [0.29, 0.717) is 18.0 Å². The molecule has 6 heteroatoms. The maximum atomic E-state index is 12.0. The molecule has 0 aliphatic rings. The van der Waals surface area contributed by atoms with Gasteiger partial charge in [-0.2, -0.15) is 5.26 Å². The van der Waals surface area contributed by atoms with Gasteiger partial charge in [-0.3, -0.25) is 4.79 Å². The molecular formula is C16H21N3O3. The largest absolute Gasteiger partial charge is 0.494 e. The topological polar surface area (TPSA) is 94.4 Å². The van der Waals surface area contributed by atoms with E-state index in [9.17, 15) is 4.79 Å². The van der Waals surface area contributed by atoms with Crippen LogP contribution in [0.25, 0.3) is 0 Å². The van der Waals surface area contributed by atoms with Gasteiger partial charge < -0.3 is 20.5 Å². The monoisotopic (exact) mass is 303 g/mol. The summed E-state index contributed by atoms with van der Waals surface area (Å²) in [4.78, 5) is 12.0. The molecule has 3 N–H and O–H groups in total. The molecular weight excluding hydrogens is 282 g/mol. The minimum atomic E-state index is -0.610. The summed E-state index contributed by atoms with van der Waals surface area (Å²) in [7, 11) is 0. The summed E-state index contributed by atoms with van der Waals surface area (Å²) in [5.41, 5.74) is -0.118. The molecule has 0 atom stereocenters. The van der Waals surface area contributed by atoms with Gasteiger partial charge in [-0.1, -0.05) is 0 Å². The molecule has 1 amide bonds. The van der Waals surface area contributed by atoms with Crippen molar-refractivity contribution in [3.63, 3.8) is 0 Å². The highest BCUT2D eigenvalue weighted by Gasteiger charge is 2.16. The zero-order valence-electron chi connectivity index (χ0n) is 13.0. The third-order valence-electron chi connectivity index (χ3n) is 2.79. The van der Waals surface area contributed by atoms with E-state index in [4.69, 9.17) is 15.1 Å². The van der Waals surface area contributed by atoms with Crippen LogP contribution in [0, 0.1) is 11.3 Å². The van der Waals surface area contributed by atoms with Crippen LogP contribution in [0.3, 0.4) is 0 Å². The summed E-state index contributed by atoms with van der Waals surface area (Å²) in [6.07, 6.45) is 1.31. The SMILES string of the molecule is CCOc1ccc(NC(=O)/C(C#N)=C\NC(C)(C)CO)cc1. The van der Waals surface area contributed by atoms with Gasteiger partial charge >= 0.3 is 0 Å². The molecule has 0 aliphatic heterocycles. The number of anilines is 1. The van der Waals surface area contributed by atoms with Crippen LogP contribution >= 0.6 is 0 Å². The van der Waals surface area contributed by atoms with Crippen molar-refractivity contribution in [3.8, 4) is 11.8 Å². The van der Waals surface area contributed by atoms with E-state index in [0.717, 1.165) is 0 Å². The zero-order valence-corrected chi connectivity index (χ0v) is 13.0. The number of aliphatic hydroxyl groups is 1. The Labute approximate surface area is 130 Å². The predicted octanol–water partition coefficient (Wildman–Crippen LogP) is 1.79. The third-order valence-corrected chi connectivity index (χ3v) is 2.79. The summed E-state index contributed by atoms with van der Waals surface area (Å²) in [6, 6.07) is 8.70. The summed E-state index contributed by atoms with van der Waals surface area (Å²) in [5.74, 6) is 0.191. The van der Waals surface area contributed by atoms with Gasteiger partial charge in [-0.15, -0.1) is 0 Å². The molecule has 1 rings (SSSR count). The number of rotatable bonds is 7. The number of hydrogen-bond donors (Lipinski definition) is 3. The van der Waals surface area contributed by atoms with Gasteiger partial charge in [0.25, 0.3) is 5.91 Å². The molecule has 0 radical (unpaired) electrons. The number of amides is 1. The molecule has 0 saturated heterocycles. The fourth-order valence-electron chi connectivity index (χ4n) is 1.46. The van der Waals surface area contributed by atoms with Crippen LogP contribution < -0.4 is 15.4 Å². The Morgan fingerprint density at radius 3 is 2.55 bits per heavy atom. The molecule has 0 aromatic heterocycles. The van der Waals surface area contributed by atoms with Gasteiger partial charge in [0.15, 0.2) is 0 Å². The normalized spacial score (nSPS) is 11.5. The Kier molecular flexibility index (Phi) is 6.42. The van der Waals surface area contributed by atoms with Gasteiger partial charge in [-0.25, -0.2) is 0 Å². The quantitative estimate of drug-likeness (QED) is 0.527. The Morgan fingerprint density at radius 1 is 1.41 bits per heavy atom. The van der Waals surface area contributed by atoms with Crippen molar-refractivity contribution in [2.45, 2.75) is 26.3 Å². The van der Waals surface area contributed by atoms with E-state index >= 15 is 0 Å². The van der Waals surface area contributed by atoms with Crippen LogP contribution in [-0.2, 0) is 4.79 Å². The molecule has 0 bridgehead atoms. The molecule has 0 aliphatic carbocycles. The van der Waals surface area contributed by atoms with Crippen molar-refractivity contribution in [1.29, 1.82) is 5.26 Å². The lowest BCUT2D eigenvalue weighted by Crippen LogP contribution is -2.39. The molecule has 0 heterocycles. The first-order valence-corrected chi connectivity index (χ1v) is 6.95. The van der Waals surface area contributed by atoms with E-state index in [1.54, 1.807) is 38.1 Å². The summed E-state index contributed by atoms with van der Waals surface area (Å²) in [6.45, 7) is 5.84. The highest BCUT2D eigenvalue weighted by Crippen LogP contribution is 2.16. The van der Waals surface area contributed by atoms with Crippen molar-refractivity contribution in [2.75, 3.05) is 18.5 Å². The smallest absolute Gasteiger partial charge is 0.267 e. The van der Waals surface area contributed by atoms with E-state index in [1.165, 1.54) is 6.20 Å². The van der Waals surface area contributed by atoms with Gasteiger partial charge in [0, 0.05) is 11.9 Å². The maximum Gasteiger partial charge on any atom is 0.267 e. The highest BCUT2D eigenvalue weighted by molar-refractivity contribution is 6.06. The number of aliphatic hydroxyl groups excluding tert-OH is 1. The van der Waals surface area contributed by atoms with Crippen molar-refractivity contribution < 1.29 is 14.6 Å². The van der Waals surface area contributed by atoms with Crippen molar-refractivity contribution in [1.82, 2.24) is 5.32 Å². The average molecular weight is 303 g/mol. The van der Waals surface area contributed by atoms with Crippen LogP contribution in [0.2, 0.25) is 0 Å². The number of nitrogens with zero attached hydrogens (tertiary/aromatic N) is 1. The van der Waals surface area contributed by atoms with E-state index in [-0.39, 0.29) is 12.2 Å². The fourth-order valence-corrected chi connectivity index (χ4v) is 1.46. The molecule has 118 valence electrons. The Balaban J connectivity index is 2.73. The Hall–Kier alpha value is -2.52. The number of carbonyl (C=O) groups is 1. The van der Waals surface area contributed by atoms with Crippen LogP contribution in [-0.4, -0.2) is 29.8 Å². The number of nitrogens with one attached hydrogen (secondary N) is 2. The summed E-state index contributed by atoms with van der Waals surface area (Å²) in [5, 5.41) is 23.7. The van der Waals surface area contributed by atoms with Crippen LogP contribution in [0.1, 0.15) is 20.8 Å². The van der Waals surface area contributed by atoms with Gasteiger partial charge in [0.05, 0.1) is 18.8 Å². The Morgan fingerprint density at radius 2 is 2.05 bits per heavy atom. The lowest BCUT2D eigenvalue weighted by Gasteiger charge is -2.22. The lowest BCUT2D eigenvalue weighted by molar-refractivity contribution is -0.112. The first-order chi connectivity index (χ1) is 10.4. The molecule has 1 aromatic rings. The van der Waals surface area contributed by atoms with Crippen molar-refractivity contribution in [3.05, 3.63) is 36.0 Å². The number of hydrogen-bond acceptors (Lipinski definition) is 5. The third kappa shape index (κ3) is 5.46. The predicted molar refractivity (Wildman–Crippen MR) is 84.2 cm³/mol. The Bertz CT molecular complexity index is 571. The highest BCUT2D eigenvalue weighted by atomic mass is 16.5. The minimum absolute atomic E-state index is 0.0737. The second-order valence-corrected chi connectivity index (χ2v) is 5.27. The number of nitriles is 1. The zero-order chi connectivity index (χ0) is 16.6. The molecule has 0 unspecified atom stereocenters. The van der Waals surface area contributed by atoms with Gasteiger partial charge in [-0.05, 0) is 45.0 Å². The number of benzene rings is 1. The van der Waals surface area contributed by atoms with Crippen molar-refractivity contribution in [2.24, 2.45) is 0 Å². The first kappa shape index (κ1) is 17.5. The standard InChI is InChI=1S/C16H21N3O3/c1-4-22-14-7-5-13(6-8-14)19-15(21)12(9-17)10-18-16(2,3)11-20/h5-8,10,18,20H,4,11H2,1-3H3,(H,19,21)/b12-10-. The molecule has 22 heavy (non-hydrogen) atoms. The second-order valence-electron chi connectivity index (χ2n) is 5.27. The summed E-state index contributed by atoms with van der Waals surface area (Å²) >= 11 is 0. The molecule has 0 saturated carbocycles. The lowest BCUT2D eigenvalue weighted by atomic mass is 10.1. The second kappa shape index (κ2) is 8.05. The fraction of sp³-hybridized carbons (Fsp3) is 0.375. The molecule has 0 spiro atoms. The molecule has 0 fully saturated rings. The van der Waals surface area contributed by atoms with E-state index in [2.05, 4.69) is 10.6 Å². The van der Waals surface area contributed by atoms with Gasteiger partial charge in [0.2, 0.25) is 0 Å². The van der Waals surface area contributed by atoms with Gasteiger partial charge in [0.1, 0.15) is 17.4 Å². The van der Waals surface area contributed by atoms with Crippen molar-refractivity contribution >= 4 is 11.6 Å². The van der Waals surface area contributed by atoms with Crippen LogP contribution in [0.15, 0.2) is 36.0 Å². The number of carbonyl (C=O) groups excluding carboxylic acids is 1. The minimum Gasteiger partial charge on any atom is -0.494 e. The first-order valence-electron chi connectivity index (χ1n) is 6.95. The summed E-state index contributed by atoms with van der Waals surface area (Å²) < 4.78 is 5.31. The van der Waals surface area contributed by atoms with E-state index in [1.807, 2.05) is 13.0 Å². The van der Waals surface area contributed by atoms with Crippen LogP contribution in [0.4, 0.5) is 5.69 Å². The van der Waals surface area contributed by atoms with Crippen LogP contribution in [0.5, 0.6) is 5.75 Å². The number of ether oxygens (including phenoxy) is 1. The average Bonchev–Trinajstić information content (AvgIpc) is 2.50. The molecule has 6 nitrogen and oxygen atoms in total. The maximum absolute atomic E-state index is 12.0.